The van der Waals surface area contributed by atoms with E-state index in [1.54, 1.807) is 12.3 Å². The highest BCUT2D eigenvalue weighted by atomic mass is 16.5. The molecule has 0 saturated heterocycles. The van der Waals surface area contributed by atoms with Gasteiger partial charge < -0.3 is 19.9 Å². The van der Waals surface area contributed by atoms with E-state index in [0.29, 0.717) is 23.6 Å². The smallest absolute Gasteiger partial charge is 0.252 e. The minimum Gasteiger partial charge on any atom is -0.492 e. The molecular formula is C28H30N4O3. The van der Waals surface area contributed by atoms with Crippen LogP contribution in [0.25, 0.3) is 22.2 Å². The fraction of sp³-hybridized carbons (Fsp3) is 0.250. The number of pyridine rings is 2. The van der Waals surface area contributed by atoms with E-state index >= 15 is 0 Å². The topological polar surface area (TPSA) is 87.3 Å². The molecule has 180 valence electrons. The lowest BCUT2D eigenvalue weighted by molar-refractivity contribution is 0.0939. The number of aromatic amines is 1. The van der Waals surface area contributed by atoms with Gasteiger partial charge in [0.25, 0.3) is 5.91 Å². The molecule has 0 spiro atoms. The molecule has 4 aromatic rings. The van der Waals surface area contributed by atoms with Crippen LogP contribution in [-0.4, -0.2) is 48.0 Å². The normalized spacial score (nSPS) is 12.0. The molecule has 7 nitrogen and oxygen atoms in total. The molecule has 0 saturated carbocycles. The Morgan fingerprint density at radius 3 is 2.69 bits per heavy atom. The third-order valence-corrected chi connectivity index (χ3v) is 5.89. The summed E-state index contributed by atoms with van der Waals surface area (Å²) in [7, 11) is 3.98. The first-order valence-corrected chi connectivity index (χ1v) is 11.6. The summed E-state index contributed by atoms with van der Waals surface area (Å²) >= 11 is 0. The van der Waals surface area contributed by atoms with E-state index < -0.39 is 0 Å². The Kier molecular flexibility index (Phi) is 7.27. The lowest BCUT2D eigenvalue weighted by atomic mass is 9.99. The van der Waals surface area contributed by atoms with Crippen LogP contribution in [-0.2, 0) is 0 Å². The maximum Gasteiger partial charge on any atom is 0.252 e. The quantitative estimate of drug-likeness (QED) is 0.400. The highest BCUT2D eigenvalue weighted by Gasteiger charge is 2.18. The van der Waals surface area contributed by atoms with Gasteiger partial charge in [-0.3, -0.25) is 9.59 Å². The second-order valence-corrected chi connectivity index (χ2v) is 8.88. The van der Waals surface area contributed by atoms with Gasteiger partial charge in [0, 0.05) is 35.3 Å². The summed E-state index contributed by atoms with van der Waals surface area (Å²) in [5.41, 5.74) is 4.38. The molecule has 2 aromatic heterocycles. The van der Waals surface area contributed by atoms with Crippen LogP contribution in [0.4, 0.5) is 0 Å². The van der Waals surface area contributed by atoms with Crippen LogP contribution >= 0.6 is 0 Å². The number of hydrogen-bond acceptors (Lipinski definition) is 5. The molecule has 0 aliphatic rings. The molecule has 2 aromatic carbocycles. The molecular weight excluding hydrogens is 440 g/mol. The fourth-order valence-corrected chi connectivity index (χ4v) is 3.95. The molecule has 0 bridgehead atoms. The number of nitrogens with one attached hydrogen (secondary N) is 2. The number of rotatable bonds is 8. The van der Waals surface area contributed by atoms with E-state index in [0.717, 1.165) is 34.1 Å². The van der Waals surface area contributed by atoms with E-state index in [-0.39, 0.29) is 17.5 Å². The first-order valence-electron chi connectivity index (χ1n) is 11.6. The molecule has 0 radical (unpaired) electrons. The summed E-state index contributed by atoms with van der Waals surface area (Å²) in [4.78, 5) is 34.6. The number of amides is 1. The second kappa shape index (κ2) is 10.5. The molecule has 0 aliphatic heterocycles. The zero-order chi connectivity index (χ0) is 24.9. The molecule has 0 fully saturated rings. The van der Waals surface area contributed by atoms with Crippen molar-refractivity contribution < 1.29 is 9.53 Å². The number of aryl methyl sites for hydroxylation is 1. The summed E-state index contributed by atoms with van der Waals surface area (Å²) in [5.74, 6) is 0.493. The summed E-state index contributed by atoms with van der Waals surface area (Å²) in [6.45, 7) is 5.20. The summed E-state index contributed by atoms with van der Waals surface area (Å²) < 4.78 is 5.83. The van der Waals surface area contributed by atoms with Gasteiger partial charge in [0.15, 0.2) is 0 Å². The number of carbonyl (C=O) groups is 1. The van der Waals surface area contributed by atoms with Crippen molar-refractivity contribution >= 4 is 16.8 Å². The molecule has 7 heteroatoms. The number of carbonyl (C=O) groups excluding carboxylic acids is 1. The molecule has 2 heterocycles. The zero-order valence-electron chi connectivity index (χ0n) is 20.5. The minimum atomic E-state index is -0.297. The number of hydrogen-bond donors (Lipinski definition) is 2. The summed E-state index contributed by atoms with van der Waals surface area (Å²) in [6, 6.07) is 18.4. The predicted octanol–water partition coefficient (Wildman–Crippen LogP) is 4.33. The lowest BCUT2D eigenvalue weighted by Gasteiger charge is -2.19. The van der Waals surface area contributed by atoms with E-state index in [4.69, 9.17) is 9.72 Å². The average Bonchev–Trinajstić information content (AvgIpc) is 2.84. The van der Waals surface area contributed by atoms with E-state index in [1.807, 2.05) is 81.4 Å². The van der Waals surface area contributed by atoms with E-state index in [9.17, 15) is 9.59 Å². The number of likely N-dealkylation sites (N-methyl/N-ethyl adjacent to an activating group) is 1. The lowest BCUT2D eigenvalue weighted by Crippen LogP contribution is -2.27. The van der Waals surface area contributed by atoms with Crippen molar-refractivity contribution in [1.29, 1.82) is 0 Å². The number of fused-ring (bicyclic) bond motifs is 1. The predicted molar refractivity (Wildman–Crippen MR) is 139 cm³/mol. The highest BCUT2D eigenvalue weighted by Crippen LogP contribution is 2.29. The van der Waals surface area contributed by atoms with Crippen molar-refractivity contribution in [2.24, 2.45) is 0 Å². The second-order valence-electron chi connectivity index (χ2n) is 8.88. The zero-order valence-corrected chi connectivity index (χ0v) is 20.5. The van der Waals surface area contributed by atoms with Gasteiger partial charge in [-0.25, -0.2) is 4.98 Å². The van der Waals surface area contributed by atoms with Crippen LogP contribution in [0.2, 0.25) is 0 Å². The first kappa shape index (κ1) is 24.2. The Morgan fingerprint density at radius 1 is 1.11 bits per heavy atom. The van der Waals surface area contributed by atoms with Crippen molar-refractivity contribution in [2.45, 2.75) is 19.9 Å². The number of benzene rings is 2. The molecule has 2 N–H and O–H groups in total. The van der Waals surface area contributed by atoms with Crippen molar-refractivity contribution in [2.75, 3.05) is 27.2 Å². The molecule has 0 aliphatic carbocycles. The molecule has 0 unspecified atom stereocenters. The van der Waals surface area contributed by atoms with Crippen LogP contribution in [0.1, 0.15) is 34.5 Å². The Hall–Kier alpha value is -3.97. The van der Waals surface area contributed by atoms with Gasteiger partial charge in [0.05, 0.1) is 17.3 Å². The van der Waals surface area contributed by atoms with Crippen molar-refractivity contribution in [3.05, 3.63) is 93.9 Å². The first-order chi connectivity index (χ1) is 16.8. The summed E-state index contributed by atoms with van der Waals surface area (Å²) in [6.07, 6.45) is 1.61. The van der Waals surface area contributed by atoms with Gasteiger partial charge in [0.2, 0.25) is 5.56 Å². The van der Waals surface area contributed by atoms with Crippen LogP contribution in [0.15, 0.2) is 71.7 Å². The third-order valence-electron chi connectivity index (χ3n) is 5.89. The van der Waals surface area contributed by atoms with Gasteiger partial charge >= 0.3 is 0 Å². The molecule has 1 atom stereocenters. The minimum absolute atomic E-state index is 0.174. The van der Waals surface area contributed by atoms with Gasteiger partial charge in [-0.2, -0.15) is 0 Å². The van der Waals surface area contributed by atoms with Gasteiger partial charge in [-0.1, -0.05) is 24.3 Å². The number of H-pyrrole nitrogens is 1. The number of para-hydroxylation sites is 1. The van der Waals surface area contributed by atoms with Crippen molar-refractivity contribution in [3.63, 3.8) is 0 Å². The third kappa shape index (κ3) is 5.75. The summed E-state index contributed by atoms with van der Waals surface area (Å²) in [5, 5.41) is 4.09. The molecule has 1 amide bonds. The van der Waals surface area contributed by atoms with E-state index in [1.165, 1.54) is 6.07 Å². The van der Waals surface area contributed by atoms with Crippen LogP contribution < -0.4 is 15.6 Å². The number of ether oxygens (including phenoxy) is 1. The Balaban J connectivity index is 1.63. The van der Waals surface area contributed by atoms with Crippen molar-refractivity contribution in [3.8, 4) is 17.0 Å². The van der Waals surface area contributed by atoms with Gasteiger partial charge in [-0.15, -0.1) is 0 Å². The average molecular weight is 471 g/mol. The Bertz CT molecular complexity index is 1410. The number of aromatic nitrogens is 2. The van der Waals surface area contributed by atoms with Crippen LogP contribution in [0.5, 0.6) is 5.75 Å². The largest absolute Gasteiger partial charge is 0.492 e. The molecule has 4 rings (SSSR count). The van der Waals surface area contributed by atoms with Gasteiger partial charge in [-0.05, 0) is 69.4 Å². The fourth-order valence-electron chi connectivity index (χ4n) is 3.95. The van der Waals surface area contributed by atoms with E-state index in [2.05, 4.69) is 10.3 Å². The van der Waals surface area contributed by atoms with Crippen LogP contribution in [0.3, 0.4) is 0 Å². The highest BCUT2D eigenvalue weighted by molar-refractivity contribution is 5.96. The van der Waals surface area contributed by atoms with Gasteiger partial charge in [0.1, 0.15) is 12.4 Å². The maximum absolute atomic E-state index is 13.3. The Labute approximate surface area is 204 Å². The van der Waals surface area contributed by atoms with Crippen molar-refractivity contribution in [1.82, 2.24) is 20.2 Å². The maximum atomic E-state index is 13.3. The SMILES string of the molecule is Cc1ccc(OCCN(C)C)cc1C(=O)N[C@H](C)c1cc(-c2cc[nH]c(=O)c2)nc2ccccc12. The molecule has 35 heavy (non-hydrogen) atoms. The number of nitrogens with zero attached hydrogens (tertiary/aromatic N) is 2. The standard InChI is InChI=1S/C28H30N4O3/c1-18-9-10-21(35-14-13-32(3)4)16-23(18)28(34)30-19(2)24-17-26(20-11-12-29-27(33)15-20)31-25-8-6-5-7-22(24)25/h5-12,15-17,19H,13-14H2,1-4H3,(H,29,33)(H,30,34)/t19-/m1/s1. The van der Waals surface area contributed by atoms with Crippen LogP contribution in [0, 0.1) is 6.92 Å². The monoisotopic (exact) mass is 470 g/mol. The Morgan fingerprint density at radius 2 is 1.91 bits per heavy atom.